The van der Waals surface area contributed by atoms with Crippen molar-refractivity contribution < 1.29 is 0 Å². The minimum atomic E-state index is 0.118. The highest BCUT2D eigenvalue weighted by Crippen LogP contribution is 2.25. The van der Waals surface area contributed by atoms with E-state index in [1.807, 2.05) is 12.1 Å². The Kier molecular flexibility index (Phi) is 4.68. The van der Waals surface area contributed by atoms with E-state index in [0.29, 0.717) is 10.6 Å². The number of hydrogen-bond donors (Lipinski definition) is 1. The fourth-order valence-corrected chi connectivity index (χ4v) is 2.76. The van der Waals surface area contributed by atoms with Crippen LogP contribution in [-0.2, 0) is 5.41 Å². The van der Waals surface area contributed by atoms with Crippen molar-refractivity contribution in [1.29, 1.82) is 0 Å². The molecule has 1 heterocycles. The zero-order chi connectivity index (χ0) is 18.0. The molecule has 3 aromatic rings. The summed E-state index contributed by atoms with van der Waals surface area (Å²) in [7, 11) is 0. The van der Waals surface area contributed by atoms with Crippen LogP contribution >= 0.6 is 12.2 Å². The lowest BCUT2D eigenvalue weighted by Gasteiger charge is -2.18. The van der Waals surface area contributed by atoms with E-state index in [0.717, 1.165) is 11.1 Å². The lowest BCUT2D eigenvalue weighted by atomic mass is 9.87. The topological polar surface area (TPSA) is 46.0 Å². The Morgan fingerprint density at radius 2 is 1.84 bits per heavy atom. The van der Waals surface area contributed by atoms with Crippen LogP contribution in [0.15, 0.2) is 53.6 Å². The van der Waals surface area contributed by atoms with E-state index < -0.39 is 0 Å². The van der Waals surface area contributed by atoms with Crippen LogP contribution in [0.3, 0.4) is 0 Å². The third-order valence-corrected chi connectivity index (χ3v) is 4.29. The summed E-state index contributed by atoms with van der Waals surface area (Å²) in [4.78, 5) is 0. The highest BCUT2D eigenvalue weighted by molar-refractivity contribution is 7.71. The van der Waals surface area contributed by atoms with Crippen molar-refractivity contribution in [2.75, 3.05) is 0 Å². The van der Waals surface area contributed by atoms with Crippen LogP contribution in [0.5, 0.6) is 0 Å². The average Bonchev–Trinajstić information content (AvgIpc) is 2.93. The van der Waals surface area contributed by atoms with Crippen molar-refractivity contribution >= 4 is 18.4 Å². The number of nitrogens with one attached hydrogen (secondary N) is 1. The molecule has 0 atom stereocenters. The molecule has 0 bridgehead atoms. The van der Waals surface area contributed by atoms with E-state index in [-0.39, 0.29) is 5.41 Å². The van der Waals surface area contributed by atoms with Crippen molar-refractivity contribution in [3.63, 3.8) is 0 Å². The van der Waals surface area contributed by atoms with E-state index in [2.05, 4.69) is 79.4 Å². The summed E-state index contributed by atoms with van der Waals surface area (Å²) in [6, 6.07) is 16.5. The van der Waals surface area contributed by atoms with Gasteiger partial charge in [0.2, 0.25) is 4.77 Å². The van der Waals surface area contributed by atoms with Crippen LogP contribution in [0.25, 0.3) is 11.4 Å². The van der Waals surface area contributed by atoms with Gasteiger partial charge in [-0.25, -0.2) is 5.10 Å². The molecule has 0 amide bonds. The zero-order valence-corrected chi connectivity index (χ0v) is 15.8. The van der Waals surface area contributed by atoms with Crippen LogP contribution in [0.2, 0.25) is 0 Å². The maximum Gasteiger partial charge on any atom is 0.216 e. The largest absolute Gasteiger partial charge is 0.250 e. The van der Waals surface area contributed by atoms with E-state index in [1.165, 1.54) is 11.1 Å². The Bertz CT molecular complexity index is 956. The summed E-state index contributed by atoms with van der Waals surface area (Å²) < 4.78 is 2.13. The van der Waals surface area contributed by atoms with Gasteiger partial charge in [-0.1, -0.05) is 74.9 Å². The highest BCUT2D eigenvalue weighted by Gasteiger charge is 2.14. The molecule has 0 aliphatic heterocycles. The lowest BCUT2D eigenvalue weighted by Crippen LogP contribution is -2.10. The van der Waals surface area contributed by atoms with E-state index in [1.54, 1.807) is 10.9 Å². The number of hydrogen-bond acceptors (Lipinski definition) is 3. The summed E-state index contributed by atoms with van der Waals surface area (Å²) in [5.74, 6) is 0.703. The number of rotatable bonds is 3. The fourth-order valence-electron chi connectivity index (χ4n) is 2.58. The quantitative estimate of drug-likeness (QED) is 0.528. The summed E-state index contributed by atoms with van der Waals surface area (Å²) in [5, 5.41) is 11.7. The van der Waals surface area contributed by atoms with Gasteiger partial charge >= 0.3 is 0 Å². The van der Waals surface area contributed by atoms with E-state index in [9.17, 15) is 0 Å². The molecule has 0 radical (unpaired) electrons. The Morgan fingerprint density at radius 3 is 2.48 bits per heavy atom. The summed E-state index contributed by atoms with van der Waals surface area (Å²) in [6.07, 6.45) is 1.80. The monoisotopic (exact) mass is 350 g/mol. The first-order valence-electron chi connectivity index (χ1n) is 8.24. The van der Waals surface area contributed by atoms with Crippen molar-refractivity contribution in [3.05, 3.63) is 70.0 Å². The Morgan fingerprint density at radius 1 is 1.12 bits per heavy atom. The first-order chi connectivity index (χ1) is 11.8. The van der Waals surface area contributed by atoms with Gasteiger partial charge in [0.15, 0.2) is 5.82 Å². The maximum atomic E-state index is 5.33. The molecular formula is C20H22N4S. The summed E-state index contributed by atoms with van der Waals surface area (Å²) >= 11 is 5.33. The maximum absolute atomic E-state index is 5.33. The van der Waals surface area contributed by atoms with Gasteiger partial charge in [0.1, 0.15) is 0 Å². The minimum Gasteiger partial charge on any atom is -0.250 e. The van der Waals surface area contributed by atoms with Gasteiger partial charge in [-0.15, -0.1) is 0 Å². The van der Waals surface area contributed by atoms with Gasteiger partial charge in [-0.05, 0) is 35.7 Å². The fraction of sp³-hybridized carbons (Fsp3) is 0.250. The normalized spacial score (nSPS) is 12.0. The second-order valence-electron chi connectivity index (χ2n) is 7.15. The standard InChI is InChI=1S/C20H22N4S/c1-14-6-5-7-15(12-14)13-21-24-18(22-23-19(24)25)16-8-10-17(11-9-16)20(2,3)4/h5-13H,1-4H3,(H,23,25)/b21-13-. The van der Waals surface area contributed by atoms with Gasteiger partial charge in [0.25, 0.3) is 0 Å². The molecule has 1 N–H and O–H groups in total. The summed E-state index contributed by atoms with van der Waals surface area (Å²) in [6.45, 7) is 8.65. The predicted octanol–water partition coefficient (Wildman–Crippen LogP) is 5.10. The molecule has 0 saturated heterocycles. The van der Waals surface area contributed by atoms with Crippen LogP contribution < -0.4 is 0 Å². The van der Waals surface area contributed by atoms with Crippen molar-refractivity contribution in [2.45, 2.75) is 33.1 Å². The first kappa shape index (κ1) is 17.3. The molecule has 1 aromatic heterocycles. The molecule has 25 heavy (non-hydrogen) atoms. The zero-order valence-electron chi connectivity index (χ0n) is 14.9. The van der Waals surface area contributed by atoms with Crippen LogP contribution in [0.1, 0.15) is 37.5 Å². The number of aryl methyl sites for hydroxylation is 1. The molecule has 3 rings (SSSR count). The Labute approximate surface area is 153 Å². The van der Waals surface area contributed by atoms with Gasteiger partial charge in [0.05, 0.1) is 6.21 Å². The number of H-pyrrole nitrogens is 1. The van der Waals surface area contributed by atoms with Gasteiger partial charge in [-0.3, -0.25) is 0 Å². The molecule has 128 valence electrons. The van der Waals surface area contributed by atoms with Gasteiger partial charge < -0.3 is 0 Å². The lowest BCUT2D eigenvalue weighted by molar-refractivity contribution is 0.590. The molecule has 0 fully saturated rings. The summed E-state index contributed by atoms with van der Waals surface area (Å²) in [5.41, 5.74) is 4.59. The molecule has 0 saturated carbocycles. The molecule has 4 nitrogen and oxygen atoms in total. The second-order valence-corrected chi connectivity index (χ2v) is 7.54. The molecule has 2 aromatic carbocycles. The third kappa shape index (κ3) is 3.94. The third-order valence-electron chi connectivity index (χ3n) is 4.02. The highest BCUT2D eigenvalue weighted by atomic mass is 32.1. The van der Waals surface area contributed by atoms with Crippen molar-refractivity contribution in [3.8, 4) is 11.4 Å². The molecule has 0 spiro atoms. The molecule has 5 heteroatoms. The van der Waals surface area contributed by atoms with Crippen molar-refractivity contribution in [1.82, 2.24) is 14.9 Å². The molecule has 0 unspecified atom stereocenters. The average molecular weight is 350 g/mol. The number of benzene rings is 2. The second kappa shape index (κ2) is 6.76. The molecular weight excluding hydrogens is 328 g/mol. The minimum absolute atomic E-state index is 0.118. The van der Waals surface area contributed by atoms with Crippen molar-refractivity contribution in [2.24, 2.45) is 5.10 Å². The van der Waals surface area contributed by atoms with Gasteiger partial charge in [-0.2, -0.15) is 14.9 Å². The SMILES string of the molecule is Cc1cccc(/C=N\n2c(-c3ccc(C(C)(C)C)cc3)n[nH]c2=S)c1. The van der Waals surface area contributed by atoms with Gasteiger partial charge in [0, 0.05) is 5.56 Å². The number of nitrogens with zero attached hydrogens (tertiary/aromatic N) is 3. The Balaban J connectivity index is 1.96. The van der Waals surface area contributed by atoms with Crippen LogP contribution in [-0.4, -0.2) is 21.1 Å². The molecule has 0 aliphatic rings. The van der Waals surface area contributed by atoms with E-state index >= 15 is 0 Å². The predicted molar refractivity (Wildman–Crippen MR) is 106 cm³/mol. The van der Waals surface area contributed by atoms with E-state index in [4.69, 9.17) is 12.2 Å². The van der Waals surface area contributed by atoms with Crippen LogP contribution in [0.4, 0.5) is 0 Å². The Hall–Kier alpha value is -2.53. The number of aromatic amines is 1. The number of aromatic nitrogens is 3. The smallest absolute Gasteiger partial charge is 0.216 e. The van der Waals surface area contributed by atoms with Crippen LogP contribution in [0, 0.1) is 11.7 Å². The molecule has 0 aliphatic carbocycles. The first-order valence-corrected chi connectivity index (χ1v) is 8.65.